The van der Waals surface area contributed by atoms with Crippen LogP contribution in [0.4, 0.5) is 0 Å². The Balaban J connectivity index is 1.67. The standard InChI is InChI=1S/C12H24N2O/c1-13-12-2-6-14(7-3-12)10-11-4-8-15-9-5-11/h11-13H,2-10H2,1H3. The molecular formula is C12H24N2O. The van der Waals surface area contributed by atoms with Gasteiger partial charge in [0.2, 0.25) is 0 Å². The van der Waals surface area contributed by atoms with Gasteiger partial charge >= 0.3 is 0 Å². The summed E-state index contributed by atoms with van der Waals surface area (Å²) in [6, 6.07) is 0.760. The predicted molar refractivity (Wildman–Crippen MR) is 62.1 cm³/mol. The van der Waals surface area contributed by atoms with Crippen LogP contribution in [-0.2, 0) is 4.74 Å². The largest absolute Gasteiger partial charge is 0.381 e. The highest BCUT2D eigenvalue weighted by Gasteiger charge is 2.21. The third-order valence-electron chi connectivity index (χ3n) is 3.85. The van der Waals surface area contributed by atoms with E-state index >= 15 is 0 Å². The van der Waals surface area contributed by atoms with Crippen molar-refractivity contribution in [2.75, 3.05) is 39.9 Å². The predicted octanol–water partition coefficient (Wildman–Crippen LogP) is 1.10. The molecule has 0 saturated carbocycles. The zero-order valence-corrected chi connectivity index (χ0v) is 9.87. The topological polar surface area (TPSA) is 24.5 Å². The van der Waals surface area contributed by atoms with Crippen LogP contribution in [0.5, 0.6) is 0 Å². The SMILES string of the molecule is CNC1CCN(CC2CCOCC2)CC1. The summed E-state index contributed by atoms with van der Waals surface area (Å²) in [7, 11) is 2.08. The number of piperidine rings is 1. The van der Waals surface area contributed by atoms with E-state index in [0.29, 0.717) is 0 Å². The quantitative estimate of drug-likeness (QED) is 0.758. The fourth-order valence-corrected chi connectivity index (χ4v) is 2.70. The van der Waals surface area contributed by atoms with Crippen LogP contribution in [0.3, 0.4) is 0 Å². The molecule has 2 aliphatic rings. The second kappa shape index (κ2) is 5.83. The molecule has 0 amide bonds. The Morgan fingerprint density at radius 2 is 1.80 bits per heavy atom. The minimum absolute atomic E-state index is 0.760. The van der Waals surface area contributed by atoms with Gasteiger partial charge in [-0.2, -0.15) is 0 Å². The van der Waals surface area contributed by atoms with Gasteiger partial charge in [0.25, 0.3) is 0 Å². The molecule has 0 unspecified atom stereocenters. The molecule has 2 saturated heterocycles. The van der Waals surface area contributed by atoms with Crippen molar-refractivity contribution in [3.63, 3.8) is 0 Å². The average molecular weight is 212 g/mol. The molecule has 2 fully saturated rings. The summed E-state index contributed by atoms with van der Waals surface area (Å²) in [5.41, 5.74) is 0. The lowest BCUT2D eigenvalue weighted by Crippen LogP contribution is -2.43. The first-order chi connectivity index (χ1) is 7.38. The van der Waals surface area contributed by atoms with E-state index in [0.717, 1.165) is 25.2 Å². The van der Waals surface area contributed by atoms with E-state index in [1.54, 1.807) is 0 Å². The van der Waals surface area contributed by atoms with Crippen LogP contribution >= 0.6 is 0 Å². The second-order valence-corrected chi connectivity index (χ2v) is 4.92. The van der Waals surface area contributed by atoms with Crippen molar-refractivity contribution in [3.05, 3.63) is 0 Å². The summed E-state index contributed by atoms with van der Waals surface area (Å²) in [5, 5.41) is 3.38. The van der Waals surface area contributed by atoms with Crippen LogP contribution < -0.4 is 5.32 Å². The second-order valence-electron chi connectivity index (χ2n) is 4.92. The summed E-state index contributed by atoms with van der Waals surface area (Å²) < 4.78 is 5.39. The van der Waals surface area contributed by atoms with Gasteiger partial charge in [-0.25, -0.2) is 0 Å². The molecule has 0 bridgehead atoms. The Labute approximate surface area is 93.2 Å². The first-order valence-corrected chi connectivity index (χ1v) is 6.36. The Morgan fingerprint density at radius 1 is 1.13 bits per heavy atom. The van der Waals surface area contributed by atoms with Crippen molar-refractivity contribution >= 4 is 0 Å². The van der Waals surface area contributed by atoms with Crippen LogP contribution in [0, 0.1) is 5.92 Å². The zero-order chi connectivity index (χ0) is 10.5. The lowest BCUT2D eigenvalue weighted by atomic mass is 9.97. The molecular weight excluding hydrogens is 188 g/mol. The monoisotopic (exact) mass is 212 g/mol. The van der Waals surface area contributed by atoms with Gasteiger partial charge in [0.05, 0.1) is 0 Å². The Kier molecular flexibility index (Phi) is 4.42. The fourth-order valence-electron chi connectivity index (χ4n) is 2.70. The Bertz CT molecular complexity index is 172. The molecule has 2 aliphatic heterocycles. The van der Waals surface area contributed by atoms with Crippen molar-refractivity contribution in [1.29, 1.82) is 0 Å². The minimum atomic E-state index is 0.760. The highest BCUT2D eigenvalue weighted by atomic mass is 16.5. The molecule has 15 heavy (non-hydrogen) atoms. The summed E-state index contributed by atoms with van der Waals surface area (Å²) >= 11 is 0. The summed E-state index contributed by atoms with van der Waals surface area (Å²) in [4.78, 5) is 2.64. The van der Waals surface area contributed by atoms with E-state index in [-0.39, 0.29) is 0 Å². The van der Waals surface area contributed by atoms with Crippen LogP contribution in [0.25, 0.3) is 0 Å². The molecule has 0 aromatic carbocycles. The molecule has 88 valence electrons. The summed E-state index contributed by atoms with van der Waals surface area (Å²) in [5.74, 6) is 0.893. The lowest BCUT2D eigenvalue weighted by Gasteiger charge is -2.35. The van der Waals surface area contributed by atoms with Gasteiger partial charge in [-0.05, 0) is 51.7 Å². The minimum Gasteiger partial charge on any atom is -0.381 e. The Morgan fingerprint density at radius 3 is 2.40 bits per heavy atom. The van der Waals surface area contributed by atoms with Gasteiger partial charge in [-0.1, -0.05) is 0 Å². The smallest absolute Gasteiger partial charge is 0.0469 e. The van der Waals surface area contributed by atoms with Gasteiger partial charge < -0.3 is 15.0 Å². The summed E-state index contributed by atoms with van der Waals surface area (Å²) in [6.45, 7) is 5.83. The van der Waals surface area contributed by atoms with Crippen LogP contribution in [-0.4, -0.2) is 50.8 Å². The molecule has 0 spiro atoms. The number of likely N-dealkylation sites (tertiary alicyclic amines) is 1. The number of hydrogen-bond donors (Lipinski definition) is 1. The van der Waals surface area contributed by atoms with Crippen molar-refractivity contribution in [2.45, 2.75) is 31.7 Å². The van der Waals surface area contributed by atoms with Crippen molar-refractivity contribution in [1.82, 2.24) is 10.2 Å². The van der Waals surface area contributed by atoms with Gasteiger partial charge in [-0.15, -0.1) is 0 Å². The highest BCUT2D eigenvalue weighted by molar-refractivity contribution is 4.78. The van der Waals surface area contributed by atoms with E-state index in [1.165, 1.54) is 45.3 Å². The van der Waals surface area contributed by atoms with E-state index < -0.39 is 0 Å². The molecule has 0 aliphatic carbocycles. The maximum Gasteiger partial charge on any atom is 0.0469 e. The van der Waals surface area contributed by atoms with Crippen LogP contribution in [0.15, 0.2) is 0 Å². The molecule has 0 aromatic heterocycles. The lowest BCUT2D eigenvalue weighted by molar-refractivity contribution is 0.0483. The van der Waals surface area contributed by atoms with Crippen LogP contribution in [0.2, 0.25) is 0 Å². The van der Waals surface area contributed by atoms with Crippen molar-refractivity contribution in [3.8, 4) is 0 Å². The first kappa shape index (κ1) is 11.4. The normalized spacial score (nSPS) is 27.0. The molecule has 0 radical (unpaired) electrons. The van der Waals surface area contributed by atoms with Gasteiger partial charge in [-0.3, -0.25) is 0 Å². The van der Waals surface area contributed by atoms with Gasteiger partial charge in [0.1, 0.15) is 0 Å². The van der Waals surface area contributed by atoms with Gasteiger partial charge in [0.15, 0.2) is 0 Å². The highest BCUT2D eigenvalue weighted by Crippen LogP contribution is 2.18. The number of nitrogens with zero attached hydrogens (tertiary/aromatic N) is 1. The molecule has 0 atom stereocenters. The first-order valence-electron chi connectivity index (χ1n) is 6.36. The molecule has 1 N–H and O–H groups in total. The fraction of sp³-hybridized carbons (Fsp3) is 1.00. The third-order valence-corrected chi connectivity index (χ3v) is 3.85. The van der Waals surface area contributed by atoms with Crippen molar-refractivity contribution in [2.24, 2.45) is 5.92 Å². The van der Waals surface area contributed by atoms with E-state index in [1.807, 2.05) is 0 Å². The number of nitrogens with one attached hydrogen (secondary N) is 1. The molecule has 3 heteroatoms. The van der Waals surface area contributed by atoms with E-state index in [9.17, 15) is 0 Å². The maximum absolute atomic E-state index is 5.39. The van der Waals surface area contributed by atoms with E-state index in [4.69, 9.17) is 4.74 Å². The van der Waals surface area contributed by atoms with E-state index in [2.05, 4.69) is 17.3 Å². The number of hydrogen-bond acceptors (Lipinski definition) is 3. The third kappa shape index (κ3) is 3.44. The average Bonchev–Trinajstić information content (AvgIpc) is 2.31. The van der Waals surface area contributed by atoms with Gasteiger partial charge in [0, 0.05) is 25.8 Å². The molecule has 2 rings (SSSR count). The maximum atomic E-state index is 5.39. The number of ether oxygens (including phenoxy) is 1. The molecule has 3 nitrogen and oxygen atoms in total. The molecule has 0 aromatic rings. The number of rotatable bonds is 3. The zero-order valence-electron chi connectivity index (χ0n) is 9.87. The Hall–Kier alpha value is -0.120. The summed E-state index contributed by atoms with van der Waals surface area (Å²) in [6.07, 6.45) is 5.18. The van der Waals surface area contributed by atoms with Crippen LogP contribution in [0.1, 0.15) is 25.7 Å². The molecule has 2 heterocycles. The van der Waals surface area contributed by atoms with Crippen molar-refractivity contribution < 1.29 is 4.74 Å².